The van der Waals surface area contributed by atoms with E-state index in [2.05, 4.69) is 16.6 Å². The number of carbonyl (C=O) groups is 1. The maximum Gasteiger partial charge on any atom is 0.238 e. The van der Waals surface area contributed by atoms with Gasteiger partial charge in [0.15, 0.2) is 11.5 Å². The van der Waals surface area contributed by atoms with Crippen LogP contribution in [0, 0.1) is 12.3 Å². The van der Waals surface area contributed by atoms with Crippen molar-refractivity contribution in [3.05, 3.63) is 18.2 Å². The summed E-state index contributed by atoms with van der Waals surface area (Å²) in [5.74, 6) is 3.46. The molecule has 0 atom stereocenters. The maximum absolute atomic E-state index is 11.6. The molecule has 2 N–H and O–H groups in total. The first-order valence-corrected chi connectivity index (χ1v) is 5.96. The number of amides is 1. The second-order valence-electron chi connectivity index (χ2n) is 3.65. The monoisotopic (exact) mass is 262 g/mol. The summed E-state index contributed by atoms with van der Waals surface area (Å²) < 4.78 is 10.6. The molecule has 0 aromatic heterocycles. The van der Waals surface area contributed by atoms with E-state index in [1.807, 2.05) is 6.92 Å². The number of carbonyl (C=O) groups excluding carboxylic acids is 1. The van der Waals surface area contributed by atoms with Crippen LogP contribution in [0.25, 0.3) is 0 Å². The fraction of sp³-hybridized carbons (Fsp3) is 0.357. The highest BCUT2D eigenvalue weighted by molar-refractivity contribution is 5.92. The third-order valence-electron chi connectivity index (χ3n) is 2.26. The van der Waals surface area contributed by atoms with Gasteiger partial charge in [0.1, 0.15) is 0 Å². The Bertz CT molecular complexity index is 466. The lowest BCUT2D eigenvalue weighted by molar-refractivity contribution is -0.115. The number of terminal acetylenes is 1. The van der Waals surface area contributed by atoms with Crippen molar-refractivity contribution in [3.8, 4) is 23.8 Å². The molecule has 1 aromatic rings. The summed E-state index contributed by atoms with van der Waals surface area (Å²) in [7, 11) is 1.57. The van der Waals surface area contributed by atoms with Crippen LogP contribution in [-0.4, -0.2) is 32.7 Å². The van der Waals surface area contributed by atoms with E-state index in [1.54, 1.807) is 25.3 Å². The number of ether oxygens (including phenoxy) is 2. The number of anilines is 1. The predicted molar refractivity (Wildman–Crippen MR) is 74.5 cm³/mol. The topological polar surface area (TPSA) is 59.6 Å². The molecule has 0 aliphatic carbocycles. The van der Waals surface area contributed by atoms with Crippen molar-refractivity contribution in [2.45, 2.75) is 6.92 Å². The van der Waals surface area contributed by atoms with Crippen LogP contribution in [0.2, 0.25) is 0 Å². The van der Waals surface area contributed by atoms with Crippen molar-refractivity contribution in [1.29, 1.82) is 0 Å². The molecule has 19 heavy (non-hydrogen) atoms. The molecular formula is C14H18N2O3. The Hall–Kier alpha value is -2.19. The van der Waals surface area contributed by atoms with Crippen LogP contribution in [0.5, 0.6) is 11.5 Å². The van der Waals surface area contributed by atoms with Gasteiger partial charge < -0.3 is 14.8 Å². The summed E-state index contributed by atoms with van der Waals surface area (Å²) in [6.07, 6.45) is 5.08. The van der Waals surface area contributed by atoms with E-state index in [0.29, 0.717) is 30.3 Å². The van der Waals surface area contributed by atoms with Gasteiger partial charge >= 0.3 is 0 Å². The summed E-state index contributed by atoms with van der Waals surface area (Å²) >= 11 is 0. The average molecular weight is 262 g/mol. The molecule has 0 spiro atoms. The largest absolute Gasteiger partial charge is 0.493 e. The van der Waals surface area contributed by atoms with Gasteiger partial charge in [-0.2, -0.15) is 0 Å². The molecule has 1 rings (SSSR count). The Morgan fingerprint density at radius 1 is 1.42 bits per heavy atom. The highest BCUT2D eigenvalue weighted by Gasteiger charge is 2.07. The molecule has 0 aliphatic heterocycles. The molecule has 0 heterocycles. The van der Waals surface area contributed by atoms with Gasteiger partial charge in [0.25, 0.3) is 0 Å². The van der Waals surface area contributed by atoms with Crippen molar-refractivity contribution in [1.82, 2.24) is 5.32 Å². The minimum atomic E-state index is -0.164. The van der Waals surface area contributed by atoms with E-state index in [1.165, 1.54) is 0 Å². The number of rotatable bonds is 7. The average Bonchev–Trinajstić information content (AvgIpc) is 2.40. The number of benzene rings is 1. The molecule has 0 saturated carbocycles. The second kappa shape index (κ2) is 8.01. The molecule has 102 valence electrons. The van der Waals surface area contributed by atoms with Crippen LogP contribution in [0.1, 0.15) is 6.92 Å². The lowest BCUT2D eigenvalue weighted by atomic mass is 10.2. The number of hydrogen-bond donors (Lipinski definition) is 2. The van der Waals surface area contributed by atoms with Crippen molar-refractivity contribution in [2.24, 2.45) is 0 Å². The summed E-state index contributed by atoms with van der Waals surface area (Å²) in [5, 5.41) is 5.56. The summed E-state index contributed by atoms with van der Waals surface area (Å²) in [6.45, 7) is 2.94. The van der Waals surface area contributed by atoms with Gasteiger partial charge in [-0.1, -0.05) is 5.92 Å². The molecule has 5 nitrogen and oxygen atoms in total. The fourth-order valence-electron chi connectivity index (χ4n) is 1.48. The van der Waals surface area contributed by atoms with Gasteiger partial charge in [-0.3, -0.25) is 10.1 Å². The summed E-state index contributed by atoms with van der Waals surface area (Å²) in [4.78, 5) is 11.6. The van der Waals surface area contributed by atoms with Crippen molar-refractivity contribution >= 4 is 11.6 Å². The number of hydrogen-bond acceptors (Lipinski definition) is 4. The van der Waals surface area contributed by atoms with Crippen molar-refractivity contribution < 1.29 is 14.3 Å². The van der Waals surface area contributed by atoms with Crippen LogP contribution in [0.3, 0.4) is 0 Å². The Morgan fingerprint density at radius 3 is 2.84 bits per heavy atom. The van der Waals surface area contributed by atoms with Crippen LogP contribution in [0.15, 0.2) is 18.2 Å². The Morgan fingerprint density at radius 2 is 2.21 bits per heavy atom. The van der Waals surface area contributed by atoms with E-state index >= 15 is 0 Å². The molecule has 1 aromatic carbocycles. The van der Waals surface area contributed by atoms with E-state index < -0.39 is 0 Å². The molecule has 0 bridgehead atoms. The molecule has 0 aliphatic rings. The zero-order chi connectivity index (χ0) is 14.1. The zero-order valence-corrected chi connectivity index (χ0v) is 11.2. The van der Waals surface area contributed by atoms with E-state index in [4.69, 9.17) is 15.9 Å². The Labute approximate surface area is 113 Å². The lowest BCUT2D eigenvalue weighted by Gasteiger charge is -2.11. The van der Waals surface area contributed by atoms with Gasteiger partial charge in [0, 0.05) is 11.8 Å². The fourth-order valence-corrected chi connectivity index (χ4v) is 1.48. The second-order valence-corrected chi connectivity index (χ2v) is 3.65. The van der Waals surface area contributed by atoms with E-state index in [9.17, 15) is 4.79 Å². The third-order valence-corrected chi connectivity index (χ3v) is 2.26. The molecule has 0 radical (unpaired) electrons. The maximum atomic E-state index is 11.6. The minimum Gasteiger partial charge on any atom is -0.493 e. The number of nitrogens with one attached hydrogen (secondary N) is 2. The number of methoxy groups -OCH3 is 1. The summed E-state index contributed by atoms with van der Waals surface area (Å²) in [5.41, 5.74) is 0.650. The Balaban J connectivity index is 2.66. The van der Waals surface area contributed by atoms with Gasteiger partial charge in [-0.25, -0.2) is 0 Å². The van der Waals surface area contributed by atoms with Gasteiger partial charge in [0.05, 0.1) is 26.8 Å². The van der Waals surface area contributed by atoms with Crippen LogP contribution >= 0.6 is 0 Å². The Kier molecular flexibility index (Phi) is 6.27. The molecule has 0 fully saturated rings. The first-order valence-electron chi connectivity index (χ1n) is 5.96. The highest BCUT2D eigenvalue weighted by Crippen LogP contribution is 2.30. The highest BCUT2D eigenvalue weighted by atomic mass is 16.5. The molecule has 0 saturated heterocycles. The van der Waals surface area contributed by atoms with Gasteiger partial charge in [0.2, 0.25) is 5.91 Å². The van der Waals surface area contributed by atoms with Gasteiger partial charge in [-0.05, 0) is 19.1 Å². The van der Waals surface area contributed by atoms with Gasteiger partial charge in [-0.15, -0.1) is 6.42 Å². The van der Waals surface area contributed by atoms with Crippen LogP contribution < -0.4 is 20.1 Å². The van der Waals surface area contributed by atoms with Crippen LogP contribution in [0.4, 0.5) is 5.69 Å². The summed E-state index contributed by atoms with van der Waals surface area (Å²) in [6, 6.07) is 5.22. The zero-order valence-electron chi connectivity index (χ0n) is 11.2. The molecule has 0 unspecified atom stereocenters. The molecule has 5 heteroatoms. The van der Waals surface area contributed by atoms with Crippen LogP contribution in [-0.2, 0) is 4.79 Å². The smallest absolute Gasteiger partial charge is 0.238 e. The predicted octanol–water partition coefficient (Wildman–Crippen LogP) is 1.26. The van der Waals surface area contributed by atoms with Crippen molar-refractivity contribution in [2.75, 3.05) is 32.1 Å². The third kappa shape index (κ3) is 4.90. The lowest BCUT2D eigenvalue weighted by Crippen LogP contribution is -2.28. The first kappa shape index (κ1) is 14.9. The SMILES string of the molecule is C#CCNCC(=O)Nc1ccc(OC)c(OCC)c1. The molecule has 1 amide bonds. The van der Waals surface area contributed by atoms with E-state index in [-0.39, 0.29) is 12.5 Å². The van der Waals surface area contributed by atoms with E-state index in [0.717, 1.165) is 0 Å². The first-order chi connectivity index (χ1) is 9.21. The standard InChI is InChI=1S/C14H18N2O3/c1-4-8-15-10-14(17)16-11-6-7-12(18-3)13(9-11)19-5-2/h1,6-7,9,15H,5,8,10H2,2-3H3,(H,16,17). The van der Waals surface area contributed by atoms with Crippen molar-refractivity contribution in [3.63, 3.8) is 0 Å². The minimum absolute atomic E-state index is 0.164. The molecular weight excluding hydrogens is 244 g/mol. The normalized spacial score (nSPS) is 9.53. The quantitative estimate of drug-likeness (QED) is 0.573.